The van der Waals surface area contributed by atoms with Crippen molar-refractivity contribution in [3.8, 4) is 0 Å². The average molecular weight is 254 g/mol. The molecule has 0 fully saturated rings. The van der Waals surface area contributed by atoms with Crippen molar-refractivity contribution >= 4 is 23.9 Å². The third-order valence-corrected chi connectivity index (χ3v) is 2.68. The summed E-state index contributed by atoms with van der Waals surface area (Å²) in [4.78, 5) is 21.0. The van der Waals surface area contributed by atoms with Crippen LogP contribution in [0.15, 0.2) is 48.5 Å². The third kappa shape index (κ3) is 3.67. The van der Waals surface area contributed by atoms with E-state index in [2.05, 4.69) is 10.6 Å². The molecule has 2 N–H and O–H groups in total. The Balaban J connectivity index is 1.84. The van der Waals surface area contributed by atoms with Gasteiger partial charge in [0.25, 0.3) is 0 Å². The van der Waals surface area contributed by atoms with Crippen LogP contribution in [-0.4, -0.2) is 19.2 Å². The molecule has 2 aromatic rings. The minimum atomic E-state index is 0.556. The quantitative estimate of drug-likeness (QED) is 0.614. The van der Waals surface area contributed by atoms with Crippen molar-refractivity contribution in [2.45, 2.75) is 0 Å². The van der Waals surface area contributed by atoms with Crippen LogP contribution in [0.2, 0.25) is 0 Å². The Labute approximate surface area is 111 Å². The second kappa shape index (κ2) is 6.35. The number of carbonyl (C=O) groups excluding carboxylic acids is 2. The molecule has 2 rings (SSSR count). The highest BCUT2D eigenvalue weighted by Crippen LogP contribution is 2.10. The zero-order valence-electron chi connectivity index (χ0n) is 10.3. The molecule has 0 saturated carbocycles. The van der Waals surface area contributed by atoms with E-state index in [1.807, 2.05) is 24.3 Å². The summed E-state index contributed by atoms with van der Waals surface area (Å²) in [6, 6.07) is 14.4. The highest BCUT2D eigenvalue weighted by Gasteiger charge is 1.94. The molecule has 0 aliphatic heterocycles. The van der Waals surface area contributed by atoms with Crippen LogP contribution >= 0.6 is 0 Å². The smallest absolute Gasteiger partial charge is 0.150 e. The van der Waals surface area contributed by atoms with Gasteiger partial charge in [-0.15, -0.1) is 0 Å². The molecule has 0 spiro atoms. The van der Waals surface area contributed by atoms with Crippen molar-refractivity contribution in [1.29, 1.82) is 0 Å². The Morgan fingerprint density at radius 2 is 1.05 bits per heavy atom. The SMILES string of the molecule is O=Cc1ccc(NCNc2ccc(C=O)cc2)cc1. The molecular formula is C15H14N2O2. The lowest BCUT2D eigenvalue weighted by Crippen LogP contribution is -2.11. The van der Waals surface area contributed by atoms with Gasteiger partial charge in [0.05, 0.1) is 6.67 Å². The van der Waals surface area contributed by atoms with E-state index in [1.54, 1.807) is 24.3 Å². The van der Waals surface area contributed by atoms with E-state index in [-0.39, 0.29) is 0 Å². The minimum absolute atomic E-state index is 0.556. The van der Waals surface area contributed by atoms with Gasteiger partial charge in [-0.05, 0) is 48.5 Å². The van der Waals surface area contributed by atoms with Gasteiger partial charge in [0.1, 0.15) is 12.6 Å². The molecule has 0 bridgehead atoms. The molecule has 0 aromatic heterocycles. The molecule has 0 heterocycles. The molecule has 19 heavy (non-hydrogen) atoms. The minimum Gasteiger partial charge on any atom is -0.368 e. The van der Waals surface area contributed by atoms with Gasteiger partial charge in [0, 0.05) is 22.5 Å². The monoisotopic (exact) mass is 254 g/mol. The van der Waals surface area contributed by atoms with Crippen LogP contribution in [0.3, 0.4) is 0 Å². The lowest BCUT2D eigenvalue weighted by atomic mass is 10.2. The fourth-order valence-corrected chi connectivity index (χ4v) is 1.61. The zero-order chi connectivity index (χ0) is 13.5. The normalized spacial score (nSPS) is 9.68. The summed E-state index contributed by atoms with van der Waals surface area (Å²) in [5, 5.41) is 6.35. The maximum atomic E-state index is 10.5. The van der Waals surface area contributed by atoms with Crippen molar-refractivity contribution in [3.63, 3.8) is 0 Å². The standard InChI is InChI=1S/C15H14N2O2/c18-9-12-1-5-14(6-2-12)16-11-17-15-7-3-13(10-19)4-8-15/h1-10,16-17H,11H2. The molecule has 4 heteroatoms. The molecule has 0 radical (unpaired) electrons. The fourth-order valence-electron chi connectivity index (χ4n) is 1.61. The van der Waals surface area contributed by atoms with Crippen molar-refractivity contribution in [3.05, 3.63) is 59.7 Å². The Bertz CT molecular complexity index is 496. The van der Waals surface area contributed by atoms with Crippen LogP contribution in [0.4, 0.5) is 11.4 Å². The first-order valence-electron chi connectivity index (χ1n) is 5.90. The van der Waals surface area contributed by atoms with Gasteiger partial charge in [-0.1, -0.05) is 0 Å². The number of hydrogen-bond donors (Lipinski definition) is 2. The summed E-state index contributed by atoms with van der Waals surface area (Å²) < 4.78 is 0. The summed E-state index contributed by atoms with van der Waals surface area (Å²) in [6.45, 7) is 0.556. The number of aldehydes is 2. The van der Waals surface area contributed by atoms with Crippen molar-refractivity contribution in [2.75, 3.05) is 17.3 Å². The molecule has 2 aromatic carbocycles. The Hall–Kier alpha value is -2.62. The van der Waals surface area contributed by atoms with Crippen LogP contribution < -0.4 is 10.6 Å². The molecule has 4 nitrogen and oxygen atoms in total. The van der Waals surface area contributed by atoms with E-state index in [0.717, 1.165) is 23.9 Å². The van der Waals surface area contributed by atoms with E-state index in [1.165, 1.54) is 0 Å². The van der Waals surface area contributed by atoms with Gasteiger partial charge in [0.2, 0.25) is 0 Å². The van der Waals surface area contributed by atoms with Gasteiger partial charge in [-0.2, -0.15) is 0 Å². The number of nitrogens with one attached hydrogen (secondary N) is 2. The van der Waals surface area contributed by atoms with Crippen LogP contribution in [0.5, 0.6) is 0 Å². The fraction of sp³-hybridized carbons (Fsp3) is 0.0667. The topological polar surface area (TPSA) is 58.2 Å². The Morgan fingerprint density at radius 1 is 0.684 bits per heavy atom. The molecule has 0 unspecified atom stereocenters. The Morgan fingerprint density at radius 3 is 1.37 bits per heavy atom. The second-order valence-electron chi connectivity index (χ2n) is 4.01. The predicted octanol–water partition coefficient (Wildman–Crippen LogP) is 2.79. The number of hydrogen-bond acceptors (Lipinski definition) is 4. The predicted molar refractivity (Wildman–Crippen MR) is 75.8 cm³/mol. The van der Waals surface area contributed by atoms with Gasteiger partial charge >= 0.3 is 0 Å². The molecule has 0 aliphatic rings. The van der Waals surface area contributed by atoms with E-state index in [0.29, 0.717) is 17.8 Å². The van der Waals surface area contributed by atoms with E-state index in [4.69, 9.17) is 0 Å². The van der Waals surface area contributed by atoms with Gasteiger partial charge < -0.3 is 10.6 Å². The van der Waals surface area contributed by atoms with E-state index < -0.39 is 0 Å². The van der Waals surface area contributed by atoms with Crippen LogP contribution in [0.1, 0.15) is 20.7 Å². The molecule has 0 aliphatic carbocycles. The van der Waals surface area contributed by atoms with Gasteiger partial charge in [0.15, 0.2) is 0 Å². The number of benzene rings is 2. The summed E-state index contributed by atoms with van der Waals surface area (Å²) in [6.07, 6.45) is 1.63. The molecular weight excluding hydrogens is 240 g/mol. The second-order valence-corrected chi connectivity index (χ2v) is 4.01. The first-order valence-corrected chi connectivity index (χ1v) is 5.90. The molecule has 0 amide bonds. The lowest BCUT2D eigenvalue weighted by molar-refractivity contribution is 0.111. The van der Waals surface area contributed by atoms with Crippen LogP contribution in [-0.2, 0) is 0 Å². The van der Waals surface area contributed by atoms with Crippen LogP contribution in [0, 0.1) is 0 Å². The molecule has 0 atom stereocenters. The zero-order valence-corrected chi connectivity index (χ0v) is 10.3. The summed E-state index contributed by atoms with van der Waals surface area (Å²) >= 11 is 0. The summed E-state index contributed by atoms with van der Waals surface area (Å²) in [7, 11) is 0. The van der Waals surface area contributed by atoms with Crippen LogP contribution in [0.25, 0.3) is 0 Å². The first kappa shape index (κ1) is 12.8. The van der Waals surface area contributed by atoms with Crippen molar-refractivity contribution in [2.24, 2.45) is 0 Å². The molecule has 96 valence electrons. The number of carbonyl (C=O) groups is 2. The third-order valence-electron chi connectivity index (χ3n) is 2.68. The van der Waals surface area contributed by atoms with E-state index >= 15 is 0 Å². The van der Waals surface area contributed by atoms with E-state index in [9.17, 15) is 9.59 Å². The number of rotatable bonds is 6. The summed E-state index contributed by atoms with van der Waals surface area (Å²) in [5.41, 5.74) is 3.18. The summed E-state index contributed by atoms with van der Waals surface area (Å²) in [5.74, 6) is 0. The molecule has 0 saturated heterocycles. The van der Waals surface area contributed by atoms with Crippen molar-refractivity contribution in [1.82, 2.24) is 0 Å². The number of anilines is 2. The Kier molecular flexibility index (Phi) is 4.29. The highest BCUT2D eigenvalue weighted by molar-refractivity contribution is 5.76. The largest absolute Gasteiger partial charge is 0.368 e. The maximum absolute atomic E-state index is 10.5. The maximum Gasteiger partial charge on any atom is 0.150 e. The highest BCUT2D eigenvalue weighted by atomic mass is 16.1. The van der Waals surface area contributed by atoms with Crippen molar-refractivity contribution < 1.29 is 9.59 Å². The first-order chi connectivity index (χ1) is 9.31. The lowest BCUT2D eigenvalue weighted by Gasteiger charge is -2.09. The average Bonchev–Trinajstić information content (AvgIpc) is 2.49. The van der Waals surface area contributed by atoms with Gasteiger partial charge in [-0.25, -0.2) is 0 Å². The van der Waals surface area contributed by atoms with Gasteiger partial charge in [-0.3, -0.25) is 9.59 Å².